The zero-order valence-electron chi connectivity index (χ0n) is 12.1. The van der Waals surface area contributed by atoms with E-state index < -0.39 is 29.0 Å². The lowest BCUT2D eigenvalue weighted by atomic mass is 10.1. The van der Waals surface area contributed by atoms with Crippen LogP contribution in [0.2, 0.25) is 0 Å². The number of hydrogen-bond donors (Lipinski definition) is 3. The fraction of sp³-hybridized carbons (Fsp3) is 0.333. The van der Waals surface area contributed by atoms with Gasteiger partial charge in [0.15, 0.2) is 5.72 Å². The molecule has 2 heterocycles. The minimum absolute atomic E-state index is 0.00599. The predicted octanol–water partition coefficient (Wildman–Crippen LogP) is 0.292. The van der Waals surface area contributed by atoms with Crippen LogP contribution in [-0.2, 0) is 10.5 Å². The first-order chi connectivity index (χ1) is 11.0. The number of nitrogen functional groups attached to an aromatic ring is 1. The van der Waals surface area contributed by atoms with Crippen molar-refractivity contribution in [2.24, 2.45) is 0 Å². The lowest BCUT2D eigenvalue weighted by Gasteiger charge is -2.32. The number of halogens is 1. The first kappa shape index (κ1) is 16.1. The summed E-state index contributed by atoms with van der Waals surface area (Å²) in [5, 5.41) is 19.7. The molecule has 0 unspecified atom stereocenters. The van der Waals surface area contributed by atoms with E-state index in [1.807, 2.05) is 30.3 Å². The Morgan fingerprint density at radius 1 is 1.43 bits per heavy atom. The summed E-state index contributed by atoms with van der Waals surface area (Å²) in [5.41, 5.74) is 5.12. The molecule has 0 radical (unpaired) electrons. The Morgan fingerprint density at radius 2 is 2.13 bits per heavy atom. The van der Waals surface area contributed by atoms with Crippen LogP contribution < -0.4 is 11.4 Å². The van der Waals surface area contributed by atoms with Crippen molar-refractivity contribution in [1.29, 1.82) is 0 Å². The molecule has 2 aromatic rings. The van der Waals surface area contributed by atoms with E-state index >= 15 is 0 Å². The third-order valence-electron chi connectivity index (χ3n) is 3.95. The Hall–Kier alpha value is -1.74. The smallest absolute Gasteiger partial charge is 0.351 e. The van der Waals surface area contributed by atoms with Crippen molar-refractivity contribution in [1.82, 2.24) is 9.55 Å². The number of hydrogen-bond acceptors (Lipinski definition) is 6. The van der Waals surface area contributed by atoms with Crippen LogP contribution in [0.5, 0.6) is 0 Å². The van der Waals surface area contributed by atoms with E-state index in [2.05, 4.69) is 20.9 Å². The Labute approximate surface area is 140 Å². The molecule has 1 aliphatic heterocycles. The summed E-state index contributed by atoms with van der Waals surface area (Å²) in [6, 6.07) is 9.22. The van der Waals surface area contributed by atoms with Crippen molar-refractivity contribution >= 4 is 21.7 Å². The fourth-order valence-corrected chi connectivity index (χ4v) is 3.33. The summed E-state index contributed by atoms with van der Waals surface area (Å²) in [7, 11) is 0. The van der Waals surface area contributed by atoms with Gasteiger partial charge in [-0.1, -0.05) is 46.3 Å². The van der Waals surface area contributed by atoms with Gasteiger partial charge in [-0.25, -0.2) is 4.79 Å². The highest BCUT2D eigenvalue weighted by Gasteiger charge is 2.50. The zero-order chi connectivity index (χ0) is 16.6. The molecular weight excluding hydrogens is 366 g/mol. The lowest BCUT2D eigenvalue weighted by Crippen LogP contribution is -2.51. The van der Waals surface area contributed by atoms with Crippen LogP contribution in [0.4, 0.5) is 5.82 Å². The number of rotatable bonds is 3. The van der Waals surface area contributed by atoms with Crippen LogP contribution in [0.3, 0.4) is 0 Å². The molecule has 1 saturated heterocycles. The van der Waals surface area contributed by atoms with Gasteiger partial charge in [0.05, 0.1) is 24.1 Å². The molecule has 0 saturated carbocycles. The number of anilines is 1. The van der Waals surface area contributed by atoms with Crippen LogP contribution in [0.15, 0.2) is 41.3 Å². The number of aromatic nitrogens is 2. The van der Waals surface area contributed by atoms with Gasteiger partial charge in [-0.2, -0.15) is 4.98 Å². The minimum Gasteiger partial charge on any atom is -0.391 e. The van der Waals surface area contributed by atoms with E-state index in [4.69, 9.17) is 10.5 Å². The molecule has 0 spiro atoms. The second-order valence-electron chi connectivity index (χ2n) is 5.34. The fourth-order valence-electron chi connectivity index (χ4n) is 2.68. The van der Waals surface area contributed by atoms with Crippen molar-refractivity contribution in [3.05, 3.63) is 47.0 Å². The number of aliphatic hydroxyl groups excluding tert-OH is 2. The SMILES string of the molecule is Nc1nc(=O)n([C@@]2(CO)OC[C@H](O)[C@H]2Br)cc1-c1ccccc1. The quantitative estimate of drug-likeness (QED) is 0.659. The van der Waals surface area contributed by atoms with Gasteiger partial charge in [-0.3, -0.25) is 4.57 Å². The Bertz CT molecular complexity index is 767. The molecule has 1 aromatic heterocycles. The first-order valence-electron chi connectivity index (χ1n) is 7.01. The average Bonchev–Trinajstić information content (AvgIpc) is 2.85. The van der Waals surface area contributed by atoms with Gasteiger partial charge in [0.25, 0.3) is 0 Å². The minimum atomic E-state index is -1.43. The number of aliphatic hydroxyl groups is 2. The summed E-state index contributed by atoms with van der Waals surface area (Å²) in [6.07, 6.45) is 0.648. The third kappa shape index (κ3) is 2.57. The van der Waals surface area contributed by atoms with E-state index in [0.717, 1.165) is 5.56 Å². The average molecular weight is 382 g/mol. The van der Waals surface area contributed by atoms with Gasteiger partial charge in [-0.05, 0) is 5.56 Å². The highest BCUT2D eigenvalue weighted by atomic mass is 79.9. The van der Waals surface area contributed by atoms with E-state index in [9.17, 15) is 15.0 Å². The molecule has 1 fully saturated rings. The van der Waals surface area contributed by atoms with Crippen LogP contribution in [0.1, 0.15) is 0 Å². The van der Waals surface area contributed by atoms with E-state index in [-0.39, 0.29) is 12.4 Å². The topological polar surface area (TPSA) is 111 Å². The number of nitrogens with two attached hydrogens (primary N) is 1. The highest BCUT2D eigenvalue weighted by molar-refractivity contribution is 9.09. The normalized spacial score (nSPS) is 27.3. The van der Waals surface area contributed by atoms with E-state index in [1.165, 1.54) is 10.8 Å². The van der Waals surface area contributed by atoms with Crippen molar-refractivity contribution in [3.8, 4) is 11.1 Å². The molecule has 7 nitrogen and oxygen atoms in total. The van der Waals surface area contributed by atoms with E-state index in [0.29, 0.717) is 5.56 Å². The summed E-state index contributed by atoms with van der Waals surface area (Å²) in [5.74, 6) is 0.0928. The van der Waals surface area contributed by atoms with Crippen LogP contribution in [-0.4, -0.2) is 43.9 Å². The molecule has 4 N–H and O–H groups in total. The van der Waals surface area contributed by atoms with Crippen molar-refractivity contribution in [2.75, 3.05) is 18.9 Å². The molecule has 0 aliphatic carbocycles. The van der Waals surface area contributed by atoms with Crippen LogP contribution in [0, 0.1) is 0 Å². The molecule has 122 valence electrons. The largest absolute Gasteiger partial charge is 0.391 e. The molecule has 3 rings (SSSR count). The van der Waals surface area contributed by atoms with Crippen molar-refractivity contribution < 1.29 is 14.9 Å². The van der Waals surface area contributed by atoms with E-state index in [1.54, 1.807) is 0 Å². The molecular formula is C15H16BrN3O4. The summed E-state index contributed by atoms with van der Waals surface area (Å²) in [6.45, 7) is -0.506. The van der Waals surface area contributed by atoms with Crippen molar-refractivity contribution in [3.63, 3.8) is 0 Å². The molecule has 3 atom stereocenters. The molecule has 0 amide bonds. The Balaban J connectivity index is 2.19. The summed E-state index contributed by atoms with van der Waals surface area (Å²) in [4.78, 5) is 15.5. The third-order valence-corrected chi connectivity index (χ3v) is 5.27. The summed E-state index contributed by atoms with van der Waals surface area (Å²) >= 11 is 3.30. The Morgan fingerprint density at radius 3 is 2.70 bits per heavy atom. The standard InChI is InChI=1S/C15H16BrN3O4/c16-12-11(21)7-23-15(12,8-20)19-6-10(13(17)18-14(19)22)9-4-2-1-3-5-9/h1-6,11-12,20-21H,7-8H2,(H2,17,18,22)/t11-,12+,15-/m0/s1. The molecule has 8 heteroatoms. The highest BCUT2D eigenvalue weighted by Crippen LogP contribution is 2.36. The van der Waals surface area contributed by atoms with Gasteiger partial charge in [0, 0.05) is 11.8 Å². The van der Waals surface area contributed by atoms with Crippen LogP contribution >= 0.6 is 15.9 Å². The zero-order valence-corrected chi connectivity index (χ0v) is 13.7. The Kier molecular flexibility index (Phi) is 4.24. The number of nitrogens with zero attached hydrogens (tertiary/aromatic N) is 2. The maximum absolute atomic E-state index is 12.3. The van der Waals surface area contributed by atoms with Gasteiger partial charge in [-0.15, -0.1) is 0 Å². The molecule has 1 aliphatic rings. The second kappa shape index (κ2) is 6.04. The molecule has 1 aromatic carbocycles. The molecule has 0 bridgehead atoms. The van der Waals surface area contributed by atoms with Gasteiger partial charge in [0.1, 0.15) is 5.82 Å². The number of ether oxygens (including phenoxy) is 1. The predicted molar refractivity (Wildman–Crippen MR) is 88.1 cm³/mol. The number of benzene rings is 1. The first-order valence-corrected chi connectivity index (χ1v) is 7.93. The lowest BCUT2D eigenvalue weighted by molar-refractivity contribution is -0.0983. The summed E-state index contributed by atoms with van der Waals surface area (Å²) < 4.78 is 6.73. The second-order valence-corrected chi connectivity index (χ2v) is 6.33. The van der Waals surface area contributed by atoms with Gasteiger partial charge >= 0.3 is 5.69 Å². The molecule has 23 heavy (non-hydrogen) atoms. The van der Waals surface area contributed by atoms with Crippen molar-refractivity contribution in [2.45, 2.75) is 16.7 Å². The monoisotopic (exact) mass is 381 g/mol. The van der Waals surface area contributed by atoms with Gasteiger partial charge < -0.3 is 20.7 Å². The maximum Gasteiger partial charge on any atom is 0.351 e. The van der Waals surface area contributed by atoms with Crippen LogP contribution in [0.25, 0.3) is 11.1 Å². The maximum atomic E-state index is 12.3. The van der Waals surface area contributed by atoms with Gasteiger partial charge in [0.2, 0.25) is 0 Å². The number of alkyl halides is 1.